The van der Waals surface area contributed by atoms with Crippen LogP contribution in [-0.4, -0.2) is 30.2 Å². The minimum Gasteiger partial charge on any atom is -0.406 e. The van der Waals surface area contributed by atoms with Crippen LogP contribution in [0.5, 0.6) is 5.75 Å². The van der Waals surface area contributed by atoms with Crippen molar-refractivity contribution in [3.8, 4) is 11.8 Å². The zero-order valence-corrected chi connectivity index (χ0v) is 16.1. The van der Waals surface area contributed by atoms with Gasteiger partial charge in [0.1, 0.15) is 12.1 Å². The topological polar surface area (TPSA) is 114 Å². The first-order valence-electron chi connectivity index (χ1n) is 8.35. The maximum absolute atomic E-state index is 12.7. The van der Waals surface area contributed by atoms with Crippen molar-refractivity contribution in [2.24, 2.45) is 0 Å². The molecular formula is C18H13F3N4O4S. The summed E-state index contributed by atoms with van der Waals surface area (Å²) in [5.74, 6) is -0.830. The van der Waals surface area contributed by atoms with E-state index in [4.69, 9.17) is 5.26 Å². The van der Waals surface area contributed by atoms with Crippen LogP contribution < -0.4 is 15.7 Å². The number of aromatic nitrogens is 2. The Bertz CT molecular complexity index is 1330. The molecule has 0 radical (unpaired) electrons. The number of alkyl halides is 3. The third-order valence-electron chi connectivity index (χ3n) is 4.03. The number of anilines is 1. The fraction of sp³-hybridized carbons (Fsp3) is 0.167. The van der Waals surface area contributed by atoms with Gasteiger partial charge in [-0.25, -0.2) is 18.1 Å². The highest BCUT2D eigenvalue weighted by Gasteiger charge is 2.31. The Kier molecular flexibility index (Phi) is 5.41. The number of rotatable bonds is 5. The number of nitriles is 1. The predicted molar refractivity (Wildman–Crippen MR) is 101 cm³/mol. The first kappa shape index (κ1) is 21.1. The summed E-state index contributed by atoms with van der Waals surface area (Å²) in [6.07, 6.45) is -3.88. The van der Waals surface area contributed by atoms with Crippen molar-refractivity contribution in [1.82, 2.24) is 9.66 Å². The second-order valence-corrected chi connectivity index (χ2v) is 8.23. The van der Waals surface area contributed by atoms with E-state index in [-0.39, 0.29) is 32.8 Å². The molecule has 1 aromatic heterocycles. The summed E-state index contributed by atoms with van der Waals surface area (Å²) in [6.45, 7) is 1.43. The number of nitrogens with one attached hydrogen (secondary N) is 1. The van der Waals surface area contributed by atoms with Crippen molar-refractivity contribution >= 4 is 26.4 Å². The van der Waals surface area contributed by atoms with Gasteiger partial charge in [-0.1, -0.05) is 6.92 Å². The zero-order valence-electron chi connectivity index (χ0n) is 15.3. The Balaban J connectivity index is 2.12. The van der Waals surface area contributed by atoms with Crippen molar-refractivity contribution in [2.45, 2.75) is 18.2 Å². The van der Waals surface area contributed by atoms with E-state index < -0.39 is 27.5 Å². The van der Waals surface area contributed by atoms with Crippen molar-refractivity contribution in [2.75, 3.05) is 11.2 Å². The van der Waals surface area contributed by atoms with Crippen LogP contribution in [0.4, 0.5) is 18.9 Å². The highest BCUT2D eigenvalue weighted by Crippen LogP contribution is 2.26. The van der Waals surface area contributed by atoms with E-state index in [0.29, 0.717) is 0 Å². The van der Waals surface area contributed by atoms with E-state index in [2.05, 4.69) is 15.1 Å². The van der Waals surface area contributed by atoms with Crippen molar-refractivity contribution in [3.63, 3.8) is 0 Å². The van der Waals surface area contributed by atoms with Crippen molar-refractivity contribution < 1.29 is 26.3 Å². The van der Waals surface area contributed by atoms with Gasteiger partial charge in [0.2, 0.25) is 0 Å². The number of sulfone groups is 1. The highest BCUT2D eigenvalue weighted by atomic mass is 32.2. The second kappa shape index (κ2) is 7.68. The van der Waals surface area contributed by atoms with E-state index in [1.165, 1.54) is 31.2 Å². The largest absolute Gasteiger partial charge is 0.573 e. The molecule has 0 aliphatic rings. The number of benzene rings is 2. The van der Waals surface area contributed by atoms with Gasteiger partial charge in [0, 0.05) is 0 Å². The van der Waals surface area contributed by atoms with Gasteiger partial charge in [0.05, 0.1) is 38.9 Å². The Morgan fingerprint density at radius 3 is 2.60 bits per heavy atom. The monoisotopic (exact) mass is 438 g/mol. The summed E-state index contributed by atoms with van der Waals surface area (Å²) in [5, 5.41) is 8.89. The van der Waals surface area contributed by atoms with Gasteiger partial charge >= 0.3 is 6.36 Å². The molecule has 0 bridgehead atoms. The Labute approximate surface area is 168 Å². The van der Waals surface area contributed by atoms with Crippen LogP contribution in [-0.2, 0) is 9.84 Å². The summed E-state index contributed by atoms with van der Waals surface area (Å²) in [7, 11) is -3.71. The van der Waals surface area contributed by atoms with E-state index in [1.54, 1.807) is 0 Å². The molecule has 1 heterocycles. The molecule has 156 valence electrons. The van der Waals surface area contributed by atoms with Crippen LogP contribution in [0.25, 0.3) is 10.9 Å². The number of nitrogens with zero attached hydrogens (tertiary/aromatic N) is 3. The van der Waals surface area contributed by atoms with Crippen molar-refractivity contribution in [3.05, 3.63) is 58.6 Å². The summed E-state index contributed by atoms with van der Waals surface area (Å²) < 4.78 is 66.7. The van der Waals surface area contributed by atoms with Crippen LogP contribution in [0, 0.1) is 11.3 Å². The third-order valence-corrected chi connectivity index (χ3v) is 5.81. The molecule has 0 saturated carbocycles. The smallest absolute Gasteiger partial charge is 0.406 e. The molecule has 0 unspecified atom stereocenters. The van der Waals surface area contributed by atoms with Crippen LogP contribution in [0.2, 0.25) is 0 Å². The summed E-state index contributed by atoms with van der Waals surface area (Å²) in [5.41, 5.74) is 1.96. The predicted octanol–water partition coefficient (Wildman–Crippen LogP) is 2.84. The molecule has 1 N–H and O–H groups in total. The Morgan fingerprint density at radius 1 is 1.23 bits per heavy atom. The number of ether oxygens (including phenoxy) is 1. The maximum Gasteiger partial charge on any atom is 0.573 e. The molecule has 0 saturated heterocycles. The summed E-state index contributed by atoms with van der Waals surface area (Å²) in [4.78, 5) is 16.6. The lowest BCUT2D eigenvalue weighted by Gasteiger charge is -2.14. The standard InChI is InChI=1S/C18H13F3N4O4S/c1-2-30(27,28)16-6-3-11(9-22)7-15(16)24-25-10-23-14-5-4-12(29-18(19,20)21)8-13(14)17(25)26/h3-8,10,24H,2H2,1H3. The van der Waals surface area contributed by atoms with Gasteiger partial charge in [-0.05, 0) is 36.4 Å². The fourth-order valence-corrected chi connectivity index (χ4v) is 3.65. The number of hydrogen-bond donors (Lipinski definition) is 1. The molecule has 0 aliphatic heterocycles. The summed E-state index contributed by atoms with van der Waals surface area (Å²) in [6, 6.07) is 8.73. The number of hydrogen-bond acceptors (Lipinski definition) is 7. The molecule has 12 heteroatoms. The SMILES string of the molecule is CCS(=O)(=O)c1ccc(C#N)cc1Nn1cnc2ccc(OC(F)(F)F)cc2c1=O. The number of halogens is 3. The van der Waals surface area contributed by atoms with Crippen LogP contribution in [0.3, 0.4) is 0 Å². The molecule has 3 rings (SSSR count). The molecule has 2 aromatic carbocycles. The summed E-state index contributed by atoms with van der Waals surface area (Å²) >= 11 is 0. The lowest BCUT2D eigenvalue weighted by Crippen LogP contribution is -2.27. The molecule has 0 atom stereocenters. The lowest BCUT2D eigenvalue weighted by atomic mass is 10.2. The molecular weight excluding hydrogens is 425 g/mol. The first-order chi connectivity index (χ1) is 14.0. The first-order valence-corrected chi connectivity index (χ1v) is 10.0. The third kappa shape index (κ3) is 4.36. The van der Waals surface area contributed by atoms with Gasteiger partial charge in [0.25, 0.3) is 5.56 Å². The minimum absolute atomic E-state index is 0.0538. The van der Waals surface area contributed by atoms with E-state index in [0.717, 1.165) is 23.1 Å². The Morgan fingerprint density at radius 2 is 1.97 bits per heavy atom. The zero-order chi connectivity index (χ0) is 22.1. The maximum atomic E-state index is 12.7. The van der Waals surface area contributed by atoms with E-state index in [9.17, 15) is 26.4 Å². The molecule has 8 nitrogen and oxygen atoms in total. The van der Waals surface area contributed by atoms with Crippen LogP contribution >= 0.6 is 0 Å². The molecule has 30 heavy (non-hydrogen) atoms. The fourth-order valence-electron chi connectivity index (χ4n) is 2.62. The Hall–Kier alpha value is -3.59. The van der Waals surface area contributed by atoms with Gasteiger partial charge in [-0.3, -0.25) is 10.2 Å². The minimum atomic E-state index is -4.94. The average Bonchev–Trinajstić information content (AvgIpc) is 2.69. The highest BCUT2D eigenvalue weighted by molar-refractivity contribution is 7.91. The van der Waals surface area contributed by atoms with E-state index in [1.807, 2.05) is 6.07 Å². The number of fused-ring (bicyclic) bond motifs is 1. The van der Waals surface area contributed by atoms with Gasteiger partial charge in [-0.2, -0.15) is 5.26 Å². The molecule has 0 fully saturated rings. The molecule has 3 aromatic rings. The molecule has 0 spiro atoms. The lowest BCUT2D eigenvalue weighted by molar-refractivity contribution is -0.274. The van der Waals surface area contributed by atoms with Crippen LogP contribution in [0.15, 0.2) is 52.4 Å². The molecule has 0 amide bonds. The average molecular weight is 438 g/mol. The van der Waals surface area contributed by atoms with Gasteiger partial charge < -0.3 is 4.74 Å². The second-order valence-electron chi connectivity index (χ2n) is 5.98. The van der Waals surface area contributed by atoms with Gasteiger partial charge in [0.15, 0.2) is 9.84 Å². The normalized spacial score (nSPS) is 11.8. The van der Waals surface area contributed by atoms with Crippen molar-refractivity contribution in [1.29, 1.82) is 5.26 Å². The molecule has 0 aliphatic carbocycles. The quantitative estimate of drug-likeness (QED) is 0.652. The van der Waals surface area contributed by atoms with Gasteiger partial charge in [-0.15, -0.1) is 13.2 Å². The van der Waals surface area contributed by atoms with Crippen LogP contribution in [0.1, 0.15) is 12.5 Å². The van der Waals surface area contributed by atoms with E-state index >= 15 is 0 Å².